The topological polar surface area (TPSA) is 182 Å². The SMILES string of the molecule is C#N.C=C/C=C1/C(N)=NC=NN1C1CCC(CO)O1.CCC(C)(C)CC(=O)O.O=CO. The first-order valence-electron chi connectivity index (χ1n) is 9.45. The molecule has 0 aromatic carbocycles. The number of nitriles is 1. The maximum Gasteiger partial charge on any atom is 0.303 e. The second kappa shape index (κ2) is 16.6. The zero-order valence-electron chi connectivity index (χ0n) is 18.2. The highest BCUT2D eigenvalue weighted by atomic mass is 16.5. The third kappa shape index (κ3) is 12.1. The summed E-state index contributed by atoms with van der Waals surface area (Å²) in [5, 5.41) is 36.6. The molecule has 2 unspecified atom stereocenters. The molecule has 11 heteroatoms. The molecule has 0 spiro atoms. The Kier molecular flexibility index (Phi) is 16.0. The molecule has 0 radical (unpaired) electrons. The van der Waals surface area contributed by atoms with Gasteiger partial charge in [0.1, 0.15) is 12.0 Å². The number of rotatable bonds is 6. The Morgan fingerprint density at radius 1 is 1.48 bits per heavy atom. The molecule has 174 valence electrons. The van der Waals surface area contributed by atoms with E-state index in [1.807, 2.05) is 20.8 Å². The predicted molar refractivity (Wildman–Crippen MR) is 117 cm³/mol. The van der Waals surface area contributed by atoms with E-state index in [2.05, 4.69) is 23.2 Å². The number of carboxylic acids is 1. The molecule has 1 saturated heterocycles. The summed E-state index contributed by atoms with van der Waals surface area (Å²) in [4.78, 5) is 22.5. The number of carbonyl (C=O) groups is 2. The van der Waals surface area contributed by atoms with Crippen molar-refractivity contribution in [1.82, 2.24) is 5.01 Å². The molecule has 2 atom stereocenters. The lowest BCUT2D eigenvalue weighted by molar-refractivity contribution is -0.139. The molecule has 2 heterocycles. The Hall–Kier alpha value is -3.23. The number of aliphatic hydroxyl groups is 1. The number of allylic oxidation sites excluding steroid dienone is 2. The van der Waals surface area contributed by atoms with Crippen molar-refractivity contribution < 1.29 is 29.6 Å². The molecule has 0 aliphatic carbocycles. The summed E-state index contributed by atoms with van der Waals surface area (Å²) in [5.74, 6) is -0.321. The van der Waals surface area contributed by atoms with Crippen LogP contribution in [-0.2, 0) is 14.3 Å². The summed E-state index contributed by atoms with van der Waals surface area (Å²) in [6.07, 6.45) is 7.22. The van der Waals surface area contributed by atoms with Crippen LogP contribution in [0.15, 0.2) is 34.5 Å². The van der Waals surface area contributed by atoms with E-state index in [9.17, 15) is 4.79 Å². The summed E-state index contributed by atoms with van der Waals surface area (Å²) in [5.41, 5.74) is 6.42. The van der Waals surface area contributed by atoms with E-state index < -0.39 is 5.97 Å². The van der Waals surface area contributed by atoms with Crippen LogP contribution < -0.4 is 5.73 Å². The van der Waals surface area contributed by atoms with Gasteiger partial charge < -0.3 is 25.8 Å². The molecule has 0 amide bonds. The smallest absolute Gasteiger partial charge is 0.303 e. The van der Waals surface area contributed by atoms with Crippen LogP contribution in [0.1, 0.15) is 46.5 Å². The maximum absolute atomic E-state index is 10.2. The van der Waals surface area contributed by atoms with Crippen molar-refractivity contribution in [2.75, 3.05) is 6.61 Å². The minimum absolute atomic E-state index is 0.0259. The number of aliphatic carboxylic acids is 1. The van der Waals surface area contributed by atoms with Crippen molar-refractivity contribution in [1.29, 1.82) is 5.26 Å². The highest BCUT2D eigenvalue weighted by Crippen LogP contribution is 2.26. The Bertz CT molecular complexity index is 672. The second-order valence-electron chi connectivity index (χ2n) is 7.04. The number of hydrogen-bond donors (Lipinski definition) is 4. The molecule has 2 aliphatic rings. The van der Waals surface area contributed by atoms with Crippen LogP contribution in [0.3, 0.4) is 0 Å². The fourth-order valence-electron chi connectivity index (χ4n) is 2.43. The van der Waals surface area contributed by atoms with Gasteiger partial charge >= 0.3 is 5.97 Å². The lowest BCUT2D eigenvalue weighted by Crippen LogP contribution is -2.38. The van der Waals surface area contributed by atoms with E-state index in [4.69, 9.17) is 35.8 Å². The fraction of sp³-hybridized carbons (Fsp3) is 0.550. The Morgan fingerprint density at radius 3 is 2.45 bits per heavy atom. The van der Waals surface area contributed by atoms with Gasteiger partial charge in [-0.1, -0.05) is 39.8 Å². The lowest BCUT2D eigenvalue weighted by Gasteiger charge is -2.28. The molecule has 2 aliphatic heterocycles. The zero-order valence-corrected chi connectivity index (χ0v) is 18.2. The quantitative estimate of drug-likeness (QED) is 0.449. The normalized spacial score (nSPS) is 20.6. The van der Waals surface area contributed by atoms with E-state index in [-0.39, 0.29) is 37.2 Å². The molecular formula is C20H33N5O6. The molecule has 2 rings (SSSR count). The summed E-state index contributed by atoms with van der Waals surface area (Å²) in [6.45, 7) is 12.8. The zero-order chi connectivity index (χ0) is 24.4. The first kappa shape index (κ1) is 30.0. The lowest BCUT2D eigenvalue weighted by atomic mass is 9.87. The van der Waals surface area contributed by atoms with Crippen molar-refractivity contribution in [2.45, 2.75) is 58.8 Å². The van der Waals surface area contributed by atoms with E-state index in [1.165, 1.54) is 6.34 Å². The van der Waals surface area contributed by atoms with Crippen LogP contribution in [0.2, 0.25) is 0 Å². The minimum atomic E-state index is -0.707. The number of carboxylic acid groups (broad SMARTS) is 2. The third-order valence-corrected chi connectivity index (χ3v) is 4.31. The molecular weight excluding hydrogens is 406 g/mol. The monoisotopic (exact) mass is 439 g/mol. The minimum Gasteiger partial charge on any atom is -0.483 e. The van der Waals surface area contributed by atoms with Gasteiger partial charge in [-0.2, -0.15) is 5.10 Å². The maximum atomic E-state index is 10.2. The molecule has 1 fully saturated rings. The number of ether oxygens (including phenoxy) is 1. The van der Waals surface area contributed by atoms with E-state index in [0.717, 1.165) is 19.3 Å². The Morgan fingerprint density at radius 2 is 2.06 bits per heavy atom. The van der Waals surface area contributed by atoms with Gasteiger partial charge in [-0.25, -0.2) is 15.3 Å². The number of hydrogen-bond acceptors (Lipinski definition) is 9. The van der Waals surface area contributed by atoms with Gasteiger partial charge in [-0.05, 0) is 24.3 Å². The molecule has 0 aromatic rings. The van der Waals surface area contributed by atoms with Gasteiger partial charge in [0.15, 0.2) is 12.1 Å². The van der Waals surface area contributed by atoms with Gasteiger partial charge in [0.05, 0.1) is 19.1 Å². The molecule has 31 heavy (non-hydrogen) atoms. The highest BCUT2D eigenvalue weighted by Gasteiger charge is 2.32. The van der Waals surface area contributed by atoms with E-state index in [0.29, 0.717) is 11.5 Å². The van der Waals surface area contributed by atoms with Crippen LogP contribution in [0, 0.1) is 17.2 Å². The first-order chi connectivity index (χ1) is 14.6. The average Bonchev–Trinajstić information content (AvgIpc) is 3.20. The van der Waals surface area contributed by atoms with Crippen molar-refractivity contribution in [3.8, 4) is 6.57 Å². The second-order valence-corrected chi connectivity index (χ2v) is 7.04. The molecule has 5 N–H and O–H groups in total. The van der Waals surface area contributed by atoms with Crippen LogP contribution >= 0.6 is 0 Å². The summed E-state index contributed by atoms with van der Waals surface area (Å²) in [6, 6.07) is 0. The largest absolute Gasteiger partial charge is 0.483 e. The fourth-order valence-corrected chi connectivity index (χ4v) is 2.43. The number of amidine groups is 1. The number of nitrogens with zero attached hydrogens (tertiary/aromatic N) is 4. The molecule has 0 aromatic heterocycles. The molecule has 0 bridgehead atoms. The van der Waals surface area contributed by atoms with Gasteiger partial charge in [0.2, 0.25) is 0 Å². The van der Waals surface area contributed by atoms with E-state index >= 15 is 0 Å². The first-order valence-corrected chi connectivity index (χ1v) is 9.45. The van der Waals surface area contributed by atoms with Crippen LogP contribution in [0.5, 0.6) is 0 Å². The van der Waals surface area contributed by atoms with Crippen molar-refractivity contribution >= 4 is 24.6 Å². The highest BCUT2D eigenvalue weighted by molar-refractivity contribution is 6.01. The van der Waals surface area contributed by atoms with Crippen molar-refractivity contribution in [3.05, 3.63) is 24.4 Å². The third-order valence-electron chi connectivity index (χ3n) is 4.31. The number of hydrazone groups is 1. The predicted octanol–water partition coefficient (Wildman–Crippen LogP) is 1.91. The van der Waals surface area contributed by atoms with Crippen LogP contribution in [0.25, 0.3) is 0 Å². The summed E-state index contributed by atoms with van der Waals surface area (Å²) >= 11 is 0. The number of aliphatic hydroxyl groups excluding tert-OH is 1. The summed E-state index contributed by atoms with van der Waals surface area (Å²) in [7, 11) is 0. The Balaban J connectivity index is 0. The molecule has 11 nitrogen and oxygen atoms in total. The number of nitrogens with two attached hydrogens (primary N) is 1. The van der Waals surface area contributed by atoms with Gasteiger partial charge in [-0.15, -0.1) is 0 Å². The van der Waals surface area contributed by atoms with Gasteiger partial charge in [-0.3, -0.25) is 9.59 Å². The summed E-state index contributed by atoms with van der Waals surface area (Å²) < 4.78 is 5.65. The van der Waals surface area contributed by atoms with Gasteiger partial charge in [0, 0.05) is 6.57 Å². The van der Waals surface area contributed by atoms with Crippen molar-refractivity contribution in [2.24, 2.45) is 21.2 Å². The van der Waals surface area contributed by atoms with Crippen molar-refractivity contribution in [3.63, 3.8) is 0 Å². The molecule has 0 saturated carbocycles. The van der Waals surface area contributed by atoms with Crippen LogP contribution in [-0.4, -0.2) is 63.9 Å². The number of aliphatic imine (C=N–C) groups is 1. The van der Waals surface area contributed by atoms with E-state index in [1.54, 1.807) is 17.2 Å². The van der Waals surface area contributed by atoms with Crippen LogP contribution in [0.4, 0.5) is 0 Å². The standard InChI is InChI=1S/C11H16N4O2.C7H14O2.CHN.CH2O2/c1-2-3-9-11(12)13-7-14-15(9)10-5-4-8(6-16)17-10;1-4-7(2,3)5-6(8)9;1-2;2-1-3/h2-3,7-8,10,16H,1,4-6H2,(H2,12,13,14);4-5H2,1-3H3,(H,8,9);1H;1H,(H,2,3)/b9-3-;;;. The van der Waals surface area contributed by atoms with Gasteiger partial charge in [0.25, 0.3) is 6.47 Å². The Labute approximate surface area is 182 Å². The average molecular weight is 440 g/mol.